The number of likely N-dealkylation sites (N-methyl/N-ethyl adjacent to an activating group) is 1. The summed E-state index contributed by atoms with van der Waals surface area (Å²) in [6.07, 6.45) is 0. The molecule has 0 radical (unpaired) electrons. The Hall–Kier alpha value is -1.29. The van der Waals surface area contributed by atoms with Crippen molar-refractivity contribution >= 4 is 11.6 Å². The maximum atomic E-state index is 5.98. The number of hydrogen-bond donors (Lipinski definition) is 2. The molecule has 0 bridgehead atoms. The minimum absolute atomic E-state index is 0.732. The van der Waals surface area contributed by atoms with E-state index in [1.807, 2.05) is 36.4 Å². The van der Waals surface area contributed by atoms with Crippen molar-refractivity contribution in [3.8, 4) is 11.3 Å². The fourth-order valence-corrected chi connectivity index (χ4v) is 2.11. The van der Waals surface area contributed by atoms with Gasteiger partial charge in [-0.1, -0.05) is 23.7 Å². The van der Waals surface area contributed by atoms with Gasteiger partial charge in [0.2, 0.25) is 0 Å². The molecule has 0 aliphatic heterocycles. The summed E-state index contributed by atoms with van der Waals surface area (Å²) in [4.78, 5) is 1.47. The average molecular weight is 281 g/mol. The molecule has 102 valence electrons. The molecule has 2 aromatic rings. The molecule has 0 saturated heterocycles. The molecule has 3 N–H and O–H groups in total. The van der Waals surface area contributed by atoms with Gasteiger partial charge in [0, 0.05) is 10.6 Å². The second-order valence-electron chi connectivity index (χ2n) is 5.01. The van der Waals surface area contributed by atoms with Crippen molar-refractivity contribution in [2.45, 2.75) is 6.54 Å². The molecule has 0 fully saturated rings. The molecule has 19 heavy (non-hydrogen) atoms. The Balaban J connectivity index is 1.92. The molecule has 3 nitrogen and oxygen atoms in total. The minimum atomic E-state index is 0.732. The number of furan rings is 1. The molecule has 1 aromatic heterocycles. The number of quaternary nitrogens is 2. The van der Waals surface area contributed by atoms with Crippen LogP contribution in [-0.2, 0) is 6.54 Å². The normalized spacial score (nSPS) is 11.2. The van der Waals surface area contributed by atoms with Gasteiger partial charge in [0.1, 0.15) is 25.4 Å². The smallest absolute Gasteiger partial charge is 0.158 e. The van der Waals surface area contributed by atoms with Gasteiger partial charge < -0.3 is 14.6 Å². The molecule has 4 heteroatoms. The van der Waals surface area contributed by atoms with E-state index >= 15 is 0 Å². The van der Waals surface area contributed by atoms with Crippen molar-refractivity contribution in [1.29, 1.82) is 0 Å². The summed E-state index contributed by atoms with van der Waals surface area (Å²) in [5.41, 5.74) is 1.02. The van der Waals surface area contributed by atoms with Gasteiger partial charge >= 0.3 is 0 Å². The molecule has 0 amide bonds. The SMILES string of the molecule is C[NH+](C)CC[NH2+]Cc1ccc(-c2cccc(Cl)c2)o1. The second-order valence-corrected chi connectivity index (χ2v) is 5.45. The fourth-order valence-electron chi connectivity index (χ4n) is 1.92. The molecular formula is C15H21ClN2O+2. The summed E-state index contributed by atoms with van der Waals surface area (Å²) >= 11 is 5.98. The number of benzene rings is 1. The number of nitrogens with two attached hydrogens (primary N) is 1. The Kier molecular flexibility index (Phi) is 5.02. The molecule has 0 unspecified atom stereocenters. The van der Waals surface area contributed by atoms with Gasteiger partial charge in [-0.15, -0.1) is 0 Å². The second kappa shape index (κ2) is 6.75. The van der Waals surface area contributed by atoms with Gasteiger partial charge in [0.05, 0.1) is 14.1 Å². The van der Waals surface area contributed by atoms with E-state index in [-0.39, 0.29) is 0 Å². The van der Waals surface area contributed by atoms with Crippen LogP contribution in [0.4, 0.5) is 0 Å². The monoisotopic (exact) mass is 280 g/mol. The van der Waals surface area contributed by atoms with Gasteiger partial charge in [-0.25, -0.2) is 0 Å². The van der Waals surface area contributed by atoms with Crippen molar-refractivity contribution in [2.24, 2.45) is 0 Å². The topological polar surface area (TPSA) is 34.2 Å². The first-order valence-corrected chi connectivity index (χ1v) is 6.98. The maximum Gasteiger partial charge on any atom is 0.158 e. The highest BCUT2D eigenvalue weighted by atomic mass is 35.5. The van der Waals surface area contributed by atoms with E-state index in [2.05, 4.69) is 19.4 Å². The van der Waals surface area contributed by atoms with Crippen LogP contribution in [0.15, 0.2) is 40.8 Å². The van der Waals surface area contributed by atoms with Crippen LogP contribution in [-0.4, -0.2) is 27.2 Å². The number of rotatable bonds is 6. The largest absolute Gasteiger partial charge is 0.455 e. The molecule has 1 heterocycles. The zero-order valence-electron chi connectivity index (χ0n) is 11.4. The zero-order chi connectivity index (χ0) is 13.7. The summed E-state index contributed by atoms with van der Waals surface area (Å²) in [6.45, 7) is 3.14. The molecular weight excluding hydrogens is 260 g/mol. The van der Waals surface area contributed by atoms with Crippen LogP contribution >= 0.6 is 11.6 Å². The lowest BCUT2D eigenvalue weighted by molar-refractivity contribution is -0.875. The van der Waals surface area contributed by atoms with E-state index in [0.717, 1.165) is 41.7 Å². The van der Waals surface area contributed by atoms with Gasteiger partial charge in [-0.05, 0) is 24.3 Å². The van der Waals surface area contributed by atoms with E-state index < -0.39 is 0 Å². The average Bonchev–Trinajstić information content (AvgIpc) is 2.83. The van der Waals surface area contributed by atoms with E-state index in [1.165, 1.54) is 4.90 Å². The Morgan fingerprint density at radius 1 is 1.21 bits per heavy atom. The van der Waals surface area contributed by atoms with Gasteiger partial charge in [-0.2, -0.15) is 0 Å². The van der Waals surface area contributed by atoms with Crippen LogP contribution in [0.1, 0.15) is 5.76 Å². The van der Waals surface area contributed by atoms with Crippen LogP contribution in [0.2, 0.25) is 5.02 Å². The number of nitrogens with one attached hydrogen (secondary N) is 1. The Bertz CT molecular complexity index is 522. The summed E-state index contributed by atoms with van der Waals surface area (Å²) in [6, 6.07) is 11.8. The molecule has 2 rings (SSSR count). The molecule has 0 aliphatic rings. The molecule has 0 aliphatic carbocycles. The summed E-state index contributed by atoms with van der Waals surface area (Å²) in [7, 11) is 4.33. The third-order valence-corrected chi connectivity index (χ3v) is 3.20. The predicted octanol–water partition coefficient (Wildman–Crippen LogP) is 0.808. The van der Waals surface area contributed by atoms with Crippen LogP contribution in [0.25, 0.3) is 11.3 Å². The van der Waals surface area contributed by atoms with Crippen molar-refractivity contribution in [1.82, 2.24) is 0 Å². The standard InChI is InChI=1S/C15H19ClN2O/c1-18(2)9-8-17-11-14-6-7-15(19-14)12-4-3-5-13(16)10-12/h3-7,10,17H,8-9,11H2,1-2H3/p+2. The Morgan fingerprint density at radius 3 is 2.79 bits per heavy atom. The predicted molar refractivity (Wildman–Crippen MR) is 77.3 cm³/mol. The highest BCUT2D eigenvalue weighted by Gasteiger charge is 2.06. The van der Waals surface area contributed by atoms with Gasteiger partial charge in [0.25, 0.3) is 0 Å². The van der Waals surface area contributed by atoms with E-state index in [0.29, 0.717) is 0 Å². The van der Waals surface area contributed by atoms with E-state index in [1.54, 1.807) is 0 Å². The van der Waals surface area contributed by atoms with Crippen molar-refractivity contribution in [3.63, 3.8) is 0 Å². The van der Waals surface area contributed by atoms with Crippen molar-refractivity contribution in [3.05, 3.63) is 47.2 Å². The Labute approximate surface area is 119 Å². The minimum Gasteiger partial charge on any atom is -0.455 e. The highest BCUT2D eigenvalue weighted by molar-refractivity contribution is 6.30. The summed E-state index contributed by atoms with van der Waals surface area (Å²) < 4.78 is 5.84. The lowest BCUT2D eigenvalue weighted by atomic mass is 10.2. The van der Waals surface area contributed by atoms with E-state index in [9.17, 15) is 0 Å². The van der Waals surface area contributed by atoms with Crippen molar-refractivity contribution < 1.29 is 14.6 Å². The fraction of sp³-hybridized carbons (Fsp3) is 0.333. The molecule has 0 atom stereocenters. The first-order chi connectivity index (χ1) is 9.15. The zero-order valence-corrected chi connectivity index (χ0v) is 12.2. The Morgan fingerprint density at radius 2 is 2.05 bits per heavy atom. The third kappa shape index (κ3) is 4.39. The number of halogens is 1. The van der Waals surface area contributed by atoms with Gasteiger partial charge in [0.15, 0.2) is 5.76 Å². The van der Waals surface area contributed by atoms with Crippen LogP contribution in [0, 0.1) is 0 Å². The molecule has 0 spiro atoms. The molecule has 0 saturated carbocycles. The maximum absolute atomic E-state index is 5.98. The van der Waals surface area contributed by atoms with Crippen molar-refractivity contribution in [2.75, 3.05) is 27.2 Å². The quantitative estimate of drug-likeness (QED) is 0.755. The van der Waals surface area contributed by atoms with Crippen LogP contribution in [0.3, 0.4) is 0 Å². The highest BCUT2D eigenvalue weighted by Crippen LogP contribution is 2.24. The van der Waals surface area contributed by atoms with Gasteiger partial charge in [-0.3, -0.25) is 0 Å². The first-order valence-electron chi connectivity index (χ1n) is 6.60. The summed E-state index contributed by atoms with van der Waals surface area (Å²) in [5.74, 6) is 1.88. The number of hydrogen-bond acceptors (Lipinski definition) is 1. The molecule has 1 aromatic carbocycles. The lowest BCUT2D eigenvalue weighted by Crippen LogP contribution is -3.09. The third-order valence-electron chi connectivity index (χ3n) is 2.96. The van der Waals surface area contributed by atoms with Crippen LogP contribution < -0.4 is 10.2 Å². The van der Waals surface area contributed by atoms with Crippen LogP contribution in [0.5, 0.6) is 0 Å². The lowest BCUT2D eigenvalue weighted by Gasteiger charge is -2.05. The van der Waals surface area contributed by atoms with E-state index in [4.69, 9.17) is 16.0 Å². The summed E-state index contributed by atoms with van der Waals surface area (Å²) in [5, 5.41) is 3.00. The first kappa shape index (κ1) is 14.1.